The summed E-state index contributed by atoms with van der Waals surface area (Å²) in [5.74, 6) is 0. The summed E-state index contributed by atoms with van der Waals surface area (Å²) in [7, 11) is 0. The van der Waals surface area contributed by atoms with E-state index in [2.05, 4.69) is 4.74 Å². The van der Waals surface area contributed by atoms with Gasteiger partial charge in [0.15, 0.2) is 0 Å². The molecule has 0 unspecified atom stereocenters. The molecule has 0 bridgehead atoms. The molecule has 96 valence electrons. The Kier molecular flexibility index (Phi) is 7.61. The first kappa shape index (κ1) is 15.6. The van der Waals surface area contributed by atoms with Crippen LogP contribution in [0.4, 0.5) is 13.2 Å². The molecule has 0 amide bonds. The van der Waals surface area contributed by atoms with Crippen molar-refractivity contribution in [2.24, 2.45) is 5.73 Å². The third kappa shape index (κ3) is 10.1. The Morgan fingerprint density at radius 2 is 2.00 bits per heavy atom. The van der Waals surface area contributed by atoms with Gasteiger partial charge in [-0.15, -0.1) is 0 Å². The fourth-order valence-electron chi connectivity index (χ4n) is 1.08. The maximum atomic E-state index is 11.7. The summed E-state index contributed by atoms with van der Waals surface area (Å²) >= 11 is 4.72. The predicted molar refractivity (Wildman–Crippen MR) is 60.4 cm³/mol. The summed E-state index contributed by atoms with van der Waals surface area (Å²) in [5, 5.41) is 0. The van der Waals surface area contributed by atoms with Gasteiger partial charge in [0.25, 0.3) is 0 Å². The first-order chi connectivity index (χ1) is 7.35. The number of halogens is 3. The number of nitrogens with two attached hydrogens (primary N) is 1. The highest BCUT2D eigenvalue weighted by Gasteiger charge is 2.27. The molecule has 2 N–H and O–H groups in total. The highest BCUT2D eigenvalue weighted by atomic mass is 32.1. The third-order valence-electron chi connectivity index (χ3n) is 1.94. The Balaban J connectivity index is 3.59. The molecule has 0 aliphatic heterocycles. The number of alkyl halides is 3. The lowest BCUT2D eigenvalue weighted by Gasteiger charge is -2.20. The molecule has 0 aromatic carbocycles. The second kappa shape index (κ2) is 7.81. The fraction of sp³-hybridized carbons (Fsp3) is 0.889. The number of nitrogens with zero attached hydrogens (tertiary/aromatic N) is 1. The molecule has 0 aliphatic carbocycles. The van der Waals surface area contributed by atoms with E-state index in [0.717, 1.165) is 6.54 Å². The van der Waals surface area contributed by atoms with Crippen LogP contribution in [0, 0.1) is 0 Å². The molecule has 16 heavy (non-hydrogen) atoms. The van der Waals surface area contributed by atoms with Crippen LogP contribution in [0.15, 0.2) is 0 Å². The number of hydrogen-bond donors (Lipinski definition) is 1. The molecule has 0 atom stereocenters. The van der Waals surface area contributed by atoms with E-state index in [1.165, 1.54) is 0 Å². The molecule has 3 nitrogen and oxygen atoms in total. The van der Waals surface area contributed by atoms with E-state index in [9.17, 15) is 13.2 Å². The Morgan fingerprint density at radius 3 is 2.44 bits per heavy atom. The van der Waals surface area contributed by atoms with Crippen molar-refractivity contribution in [2.45, 2.75) is 19.5 Å². The van der Waals surface area contributed by atoms with Gasteiger partial charge in [-0.1, -0.05) is 19.1 Å². The van der Waals surface area contributed by atoms with E-state index in [4.69, 9.17) is 18.0 Å². The molecule has 7 heteroatoms. The number of ether oxygens (including phenoxy) is 1. The first-order valence-electron chi connectivity index (χ1n) is 5.00. The summed E-state index contributed by atoms with van der Waals surface area (Å²) in [6.07, 6.45) is -3.68. The van der Waals surface area contributed by atoms with Crippen molar-refractivity contribution in [1.29, 1.82) is 0 Å². The Bertz CT molecular complexity index is 211. The SMILES string of the molecule is CCN(CCOCC(F)(F)F)CCC(N)=S. The average molecular weight is 258 g/mol. The molecule has 0 aromatic rings. The lowest BCUT2D eigenvalue weighted by molar-refractivity contribution is -0.174. The van der Waals surface area contributed by atoms with Crippen LogP contribution in [-0.4, -0.2) is 48.9 Å². The van der Waals surface area contributed by atoms with E-state index in [-0.39, 0.29) is 6.61 Å². The van der Waals surface area contributed by atoms with E-state index < -0.39 is 12.8 Å². The summed E-state index contributed by atoms with van der Waals surface area (Å²) < 4.78 is 39.7. The number of rotatable bonds is 8. The summed E-state index contributed by atoms with van der Waals surface area (Å²) in [6.45, 7) is 2.63. The van der Waals surface area contributed by atoms with Crippen LogP contribution < -0.4 is 5.73 Å². The van der Waals surface area contributed by atoms with Gasteiger partial charge in [0.1, 0.15) is 6.61 Å². The van der Waals surface area contributed by atoms with Crippen molar-refractivity contribution in [3.63, 3.8) is 0 Å². The fourth-order valence-corrected chi connectivity index (χ4v) is 1.17. The molecule has 0 aliphatic rings. The maximum absolute atomic E-state index is 11.7. The van der Waals surface area contributed by atoms with Crippen LogP contribution >= 0.6 is 12.2 Å². The second-order valence-corrected chi connectivity index (χ2v) is 3.84. The molecule has 0 radical (unpaired) electrons. The van der Waals surface area contributed by atoms with Crippen LogP contribution in [0.1, 0.15) is 13.3 Å². The number of hydrogen-bond acceptors (Lipinski definition) is 3. The lowest BCUT2D eigenvalue weighted by atomic mass is 10.3. The zero-order valence-electron chi connectivity index (χ0n) is 9.22. The van der Waals surface area contributed by atoms with Gasteiger partial charge in [-0.25, -0.2) is 0 Å². The van der Waals surface area contributed by atoms with E-state index in [1.807, 2.05) is 11.8 Å². The molecule has 0 fully saturated rings. The van der Waals surface area contributed by atoms with Gasteiger partial charge in [0, 0.05) is 19.5 Å². The molecule has 0 aromatic heterocycles. The maximum Gasteiger partial charge on any atom is 0.411 e. The standard InChI is InChI=1S/C9H17F3N2OS/c1-2-14(4-3-8(13)16)5-6-15-7-9(10,11)12/h2-7H2,1H3,(H2,13,16). The van der Waals surface area contributed by atoms with Crippen molar-refractivity contribution in [3.05, 3.63) is 0 Å². The second-order valence-electron chi connectivity index (χ2n) is 3.32. The lowest BCUT2D eigenvalue weighted by Crippen LogP contribution is -2.31. The smallest absolute Gasteiger partial charge is 0.393 e. The van der Waals surface area contributed by atoms with E-state index in [1.54, 1.807) is 0 Å². The van der Waals surface area contributed by atoms with E-state index in [0.29, 0.717) is 24.5 Å². The van der Waals surface area contributed by atoms with Crippen LogP contribution in [0.25, 0.3) is 0 Å². The van der Waals surface area contributed by atoms with Crippen molar-refractivity contribution < 1.29 is 17.9 Å². The topological polar surface area (TPSA) is 38.5 Å². The minimum Gasteiger partial charge on any atom is -0.393 e. The normalized spacial score (nSPS) is 12.1. The summed E-state index contributed by atoms with van der Waals surface area (Å²) in [6, 6.07) is 0. The Morgan fingerprint density at radius 1 is 1.38 bits per heavy atom. The van der Waals surface area contributed by atoms with Crippen molar-refractivity contribution in [1.82, 2.24) is 4.90 Å². The minimum atomic E-state index is -4.25. The quantitative estimate of drug-likeness (QED) is 0.530. The van der Waals surface area contributed by atoms with Gasteiger partial charge in [-0.2, -0.15) is 13.2 Å². The van der Waals surface area contributed by atoms with Gasteiger partial charge in [-0.05, 0) is 6.54 Å². The predicted octanol–water partition coefficient (Wildman–Crippen LogP) is 1.56. The van der Waals surface area contributed by atoms with Gasteiger partial charge in [0.2, 0.25) is 0 Å². The average Bonchev–Trinajstić information content (AvgIpc) is 2.15. The minimum absolute atomic E-state index is 0.0602. The van der Waals surface area contributed by atoms with Crippen molar-refractivity contribution in [3.8, 4) is 0 Å². The van der Waals surface area contributed by atoms with Crippen LogP contribution in [0.5, 0.6) is 0 Å². The largest absolute Gasteiger partial charge is 0.411 e. The van der Waals surface area contributed by atoms with Gasteiger partial charge in [0.05, 0.1) is 11.6 Å². The van der Waals surface area contributed by atoms with Crippen LogP contribution in [0.3, 0.4) is 0 Å². The van der Waals surface area contributed by atoms with Crippen LogP contribution in [-0.2, 0) is 4.74 Å². The third-order valence-corrected chi connectivity index (χ3v) is 2.14. The molecular formula is C9H17F3N2OS. The number of thiocarbonyl (C=S) groups is 1. The monoisotopic (exact) mass is 258 g/mol. The summed E-state index contributed by atoms with van der Waals surface area (Å²) in [4.78, 5) is 2.35. The zero-order valence-corrected chi connectivity index (χ0v) is 10.0. The zero-order chi connectivity index (χ0) is 12.6. The molecule has 0 saturated carbocycles. The summed E-state index contributed by atoms with van der Waals surface area (Å²) in [5.41, 5.74) is 5.33. The van der Waals surface area contributed by atoms with E-state index >= 15 is 0 Å². The Hall–Kier alpha value is -0.400. The van der Waals surface area contributed by atoms with Gasteiger partial charge < -0.3 is 15.4 Å². The number of likely N-dealkylation sites (N-methyl/N-ethyl adjacent to an activating group) is 1. The molecule has 0 spiro atoms. The molecule has 0 rings (SSSR count). The Labute approximate surface area is 98.7 Å². The van der Waals surface area contributed by atoms with Crippen molar-refractivity contribution >= 4 is 17.2 Å². The van der Waals surface area contributed by atoms with Gasteiger partial charge >= 0.3 is 6.18 Å². The first-order valence-corrected chi connectivity index (χ1v) is 5.41. The molecular weight excluding hydrogens is 241 g/mol. The highest BCUT2D eigenvalue weighted by Crippen LogP contribution is 2.14. The molecule has 0 saturated heterocycles. The van der Waals surface area contributed by atoms with Crippen molar-refractivity contribution in [2.75, 3.05) is 32.8 Å². The van der Waals surface area contributed by atoms with Gasteiger partial charge in [-0.3, -0.25) is 0 Å². The highest BCUT2D eigenvalue weighted by molar-refractivity contribution is 7.80. The molecule has 0 heterocycles. The van der Waals surface area contributed by atoms with Crippen LogP contribution in [0.2, 0.25) is 0 Å².